The molecule has 26 heavy (non-hydrogen) atoms. The molecule has 134 valence electrons. The van der Waals surface area contributed by atoms with Crippen molar-refractivity contribution in [1.29, 1.82) is 0 Å². The van der Waals surface area contributed by atoms with Crippen LogP contribution in [0.15, 0.2) is 51.8 Å². The minimum absolute atomic E-state index is 0.232. The molecule has 1 fully saturated rings. The lowest BCUT2D eigenvalue weighted by Gasteiger charge is -2.13. The Bertz CT molecular complexity index is 897. The van der Waals surface area contributed by atoms with E-state index in [2.05, 4.69) is 15.9 Å². The largest absolute Gasteiger partial charge is 0.493 e. The van der Waals surface area contributed by atoms with Crippen molar-refractivity contribution in [2.24, 2.45) is 0 Å². The van der Waals surface area contributed by atoms with Crippen molar-refractivity contribution in [3.63, 3.8) is 0 Å². The van der Waals surface area contributed by atoms with Gasteiger partial charge in [0.1, 0.15) is 0 Å². The molecule has 1 aliphatic rings. The Kier molecular flexibility index (Phi) is 5.68. The van der Waals surface area contributed by atoms with E-state index in [4.69, 9.17) is 9.47 Å². The van der Waals surface area contributed by atoms with E-state index in [0.717, 1.165) is 27.4 Å². The van der Waals surface area contributed by atoms with E-state index in [9.17, 15) is 9.59 Å². The molecule has 3 rings (SSSR count). The molecule has 0 unspecified atom stereocenters. The number of methoxy groups -OCH3 is 2. The lowest BCUT2D eigenvalue weighted by Crippen LogP contribution is -2.27. The number of nitrogens with zero attached hydrogens (tertiary/aromatic N) is 1. The summed E-state index contributed by atoms with van der Waals surface area (Å²) in [5, 5.41) is -0.280. The van der Waals surface area contributed by atoms with Crippen molar-refractivity contribution in [2.75, 3.05) is 14.2 Å². The monoisotopic (exact) mass is 433 g/mol. The van der Waals surface area contributed by atoms with Crippen LogP contribution in [0.2, 0.25) is 0 Å². The molecule has 0 aromatic heterocycles. The SMILES string of the molecule is COc1ccc(/C=C2\SC(=O)N(Cc3ccccc3Br)C2=O)cc1OC. The molecule has 1 saturated heterocycles. The molecule has 0 N–H and O–H groups in total. The van der Waals surface area contributed by atoms with Gasteiger partial charge < -0.3 is 9.47 Å². The van der Waals surface area contributed by atoms with Gasteiger partial charge in [-0.1, -0.05) is 40.2 Å². The molecule has 2 amide bonds. The number of benzene rings is 2. The number of hydrogen-bond donors (Lipinski definition) is 0. The number of carbonyl (C=O) groups excluding carboxylic acids is 2. The van der Waals surface area contributed by atoms with Gasteiger partial charge in [0.05, 0.1) is 25.7 Å². The Morgan fingerprint density at radius 3 is 2.50 bits per heavy atom. The van der Waals surface area contributed by atoms with E-state index in [1.54, 1.807) is 32.4 Å². The van der Waals surface area contributed by atoms with Crippen molar-refractivity contribution in [1.82, 2.24) is 4.90 Å². The predicted octanol–water partition coefficient (Wildman–Crippen LogP) is 4.70. The Labute approximate surface area is 164 Å². The standard InChI is InChI=1S/C19H16BrNO4S/c1-24-15-8-7-12(9-16(15)25-2)10-17-18(22)21(19(23)26-17)11-13-5-3-4-6-14(13)20/h3-10H,11H2,1-2H3/b17-10-. The van der Waals surface area contributed by atoms with Crippen LogP contribution in [0.3, 0.4) is 0 Å². The molecule has 1 heterocycles. The van der Waals surface area contributed by atoms with Crippen LogP contribution >= 0.6 is 27.7 Å². The van der Waals surface area contributed by atoms with Gasteiger partial charge in [-0.3, -0.25) is 14.5 Å². The van der Waals surface area contributed by atoms with Crippen LogP contribution < -0.4 is 9.47 Å². The van der Waals surface area contributed by atoms with Gasteiger partial charge in [0, 0.05) is 4.47 Å². The number of rotatable bonds is 5. The summed E-state index contributed by atoms with van der Waals surface area (Å²) in [6.07, 6.45) is 1.69. The highest BCUT2D eigenvalue weighted by molar-refractivity contribution is 9.10. The summed E-state index contributed by atoms with van der Waals surface area (Å²) in [5.41, 5.74) is 1.64. The summed E-state index contributed by atoms with van der Waals surface area (Å²) in [6.45, 7) is 0.232. The minimum Gasteiger partial charge on any atom is -0.493 e. The van der Waals surface area contributed by atoms with Gasteiger partial charge in [-0.2, -0.15) is 0 Å². The summed E-state index contributed by atoms with van der Waals surface area (Å²) < 4.78 is 11.3. The van der Waals surface area contributed by atoms with Gasteiger partial charge in [0.2, 0.25) is 0 Å². The summed E-state index contributed by atoms with van der Waals surface area (Å²) in [4.78, 5) is 26.6. The maximum atomic E-state index is 12.7. The molecule has 0 aliphatic carbocycles. The molecule has 0 atom stereocenters. The Hall–Kier alpha value is -2.25. The van der Waals surface area contributed by atoms with E-state index < -0.39 is 0 Å². The normalized spacial score (nSPS) is 15.7. The molecule has 1 aliphatic heterocycles. The fourth-order valence-electron chi connectivity index (χ4n) is 2.53. The van der Waals surface area contributed by atoms with Gasteiger partial charge in [-0.25, -0.2) is 0 Å². The van der Waals surface area contributed by atoms with Gasteiger partial charge in [0.15, 0.2) is 11.5 Å². The first-order valence-corrected chi connectivity index (χ1v) is 9.35. The van der Waals surface area contributed by atoms with Crippen LogP contribution in [0.25, 0.3) is 6.08 Å². The van der Waals surface area contributed by atoms with Gasteiger partial charge in [-0.05, 0) is 47.2 Å². The zero-order valence-electron chi connectivity index (χ0n) is 14.2. The van der Waals surface area contributed by atoms with Crippen LogP contribution in [0.1, 0.15) is 11.1 Å². The Morgan fingerprint density at radius 2 is 1.81 bits per heavy atom. The highest BCUT2D eigenvalue weighted by atomic mass is 79.9. The average Bonchev–Trinajstić information content (AvgIpc) is 2.90. The lowest BCUT2D eigenvalue weighted by atomic mass is 10.1. The second-order valence-electron chi connectivity index (χ2n) is 5.47. The van der Waals surface area contributed by atoms with Gasteiger partial charge in [-0.15, -0.1) is 0 Å². The Morgan fingerprint density at radius 1 is 1.08 bits per heavy atom. The van der Waals surface area contributed by atoms with E-state index >= 15 is 0 Å². The Balaban J connectivity index is 1.84. The molecule has 0 saturated carbocycles. The minimum atomic E-state index is -0.300. The molecule has 0 radical (unpaired) electrons. The average molecular weight is 434 g/mol. The molecule has 0 bridgehead atoms. The maximum absolute atomic E-state index is 12.7. The first-order valence-electron chi connectivity index (χ1n) is 7.74. The third-order valence-electron chi connectivity index (χ3n) is 3.87. The van der Waals surface area contributed by atoms with Crippen molar-refractivity contribution in [2.45, 2.75) is 6.54 Å². The number of thioether (sulfide) groups is 1. The molecule has 2 aromatic carbocycles. The summed E-state index contributed by atoms with van der Waals surface area (Å²) >= 11 is 4.38. The predicted molar refractivity (Wildman–Crippen MR) is 105 cm³/mol. The second-order valence-corrected chi connectivity index (χ2v) is 7.32. The summed E-state index contributed by atoms with van der Waals surface area (Å²) in [5.74, 6) is 0.867. The quantitative estimate of drug-likeness (QED) is 0.639. The van der Waals surface area contributed by atoms with Crippen LogP contribution in [-0.4, -0.2) is 30.3 Å². The van der Waals surface area contributed by atoms with Crippen LogP contribution in [0.5, 0.6) is 11.5 Å². The summed E-state index contributed by atoms with van der Waals surface area (Å²) in [6, 6.07) is 12.9. The molecule has 2 aromatic rings. The van der Waals surface area contributed by atoms with E-state index in [1.807, 2.05) is 30.3 Å². The number of imide groups is 1. The van der Waals surface area contributed by atoms with Crippen LogP contribution in [0.4, 0.5) is 4.79 Å². The third kappa shape index (κ3) is 3.78. The molecular formula is C19H16BrNO4S. The number of halogens is 1. The first kappa shape index (κ1) is 18.5. The van der Waals surface area contributed by atoms with Crippen molar-refractivity contribution in [3.05, 3.63) is 63.0 Å². The number of carbonyl (C=O) groups is 2. The van der Waals surface area contributed by atoms with Crippen molar-refractivity contribution < 1.29 is 19.1 Å². The topological polar surface area (TPSA) is 55.8 Å². The maximum Gasteiger partial charge on any atom is 0.293 e. The van der Waals surface area contributed by atoms with Crippen molar-refractivity contribution in [3.8, 4) is 11.5 Å². The van der Waals surface area contributed by atoms with E-state index in [1.165, 1.54) is 4.90 Å². The number of amides is 2. The fourth-order valence-corrected chi connectivity index (χ4v) is 3.78. The highest BCUT2D eigenvalue weighted by Crippen LogP contribution is 2.35. The van der Waals surface area contributed by atoms with Gasteiger partial charge in [0.25, 0.3) is 11.1 Å². The highest BCUT2D eigenvalue weighted by Gasteiger charge is 2.35. The van der Waals surface area contributed by atoms with Crippen molar-refractivity contribution >= 4 is 44.9 Å². The smallest absolute Gasteiger partial charge is 0.293 e. The molecular weight excluding hydrogens is 418 g/mol. The zero-order chi connectivity index (χ0) is 18.7. The first-order chi connectivity index (χ1) is 12.5. The molecule has 5 nitrogen and oxygen atoms in total. The van der Waals surface area contributed by atoms with E-state index in [0.29, 0.717) is 16.4 Å². The molecule has 0 spiro atoms. The van der Waals surface area contributed by atoms with Gasteiger partial charge >= 0.3 is 0 Å². The lowest BCUT2D eigenvalue weighted by molar-refractivity contribution is -0.123. The van der Waals surface area contributed by atoms with Crippen LogP contribution in [0, 0.1) is 0 Å². The molecule has 7 heteroatoms. The fraction of sp³-hybridized carbons (Fsp3) is 0.158. The van der Waals surface area contributed by atoms with Crippen LogP contribution in [-0.2, 0) is 11.3 Å². The zero-order valence-corrected chi connectivity index (χ0v) is 16.6. The van der Waals surface area contributed by atoms with E-state index in [-0.39, 0.29) is 17.7 Å². The summed E-state index contributed by atoms with van der Waals surface area (Å²) in [7, 11) is 3.11. The second kappa shape index (κ2) is 7.97. The third-order valence-corrected chi connectivity index (χ3v) is 5.55. The number of ether oxygens (including phenoxy) is 2. The number of hydrogen-bond acceptors (Lipinski definition) is 5.